The summed E-state index contributed by atoms with van der Waals surface area (Å²) in [6.07, 6.45) is 1.74. The van der Waals surface area contributed by atoms with Crippen molar-refractivity contribution >= 4 is 40.7 Å². The van der Waals surface area contributed by atoms with Gasteiger partial charge in [0.2, 0.25) is 0 Å². The zero-order valence-corrected chi connectivity index (χ0v) is 20.8. The molecule has 0 amide bonds. The molecule has 4 rings (SSSR count). The molecular formula is C27H26N2O5S. The number of hydrogen-bond donors (Lipinski definition) is 1. The van der Waals surface area contributed by atoms with Crippen molar-refractivity contribution in [2.75, 3.05) is 13.7 Å². The van der Waals surface area contributed by atoms with Crippen molar-refractivity contribution in [1.29, 1.82) is 0 Å². The summed E-state index contributed by atoms with van der Waals surface area (Å²) in [5.74, 6) is -2.25. The molecule has 0 saturated heterocycles. The third-order valence-corrected chi connectivity index (χ3v) is 6.94. The zero-order valence-electron chi connectivity index (χ0n) is 20.0. The van der Waals surface area contributed by atoms with Crippen LogP contribution in [-0.2, 0) is 19.1 Å². The van der Waals surface area contributed by atoms with Crippen LogP contribution in [-0.4, -0.2) is 30.2 Å². The maximum atomic E-state index is 13.5. The van der Waals surface area contributed by atoms with E-state index in [4.69, 9.17) is 15.2 Å². The first kappa shape index (κ1) is 24.2. The molecule has 1 aromatic heterocycles. The van der Waals surface area contributed by atoms with Crippen LogP contribution in [0.4, 0.5) is 0 Å². The van der Waals surface area contributed by atoms with Crippen molar-refractivity contribution in [3.8, 4) is 0 Å². The molecule has 0 spiro atoms. The van der Waals surface area contributed by atoms with E-state index in [9.17, 15) is 14.4 Å². The van der Waals surface area contributed by atoms with Crippen LogP contribution in [0.5, 0.6) is 0 Å². The Labute approximate surface area is 206 Å². The van der Waals surface area contributed by atoms with Gasteiger partial charge in [-0.1, -0.05) is 59.7 Å². The van der Waals surface area contributed by atoms with Crippen molar-refractivity contribution in [1.82, 2.24) is 4.57 Å². The number of aromatic nitrogens is 1. The fourth-order valence-electron chi connectivity index (χ4n) is 4.07. The number of nitrogens with two attached hydrogens (primary N) is 1. The van der Waals surface area contributed by atoms with Gasteiger partial charge in [0.05, 0.1) is 35.3 Å². The highest BCUT2D eigenvalue weighted by Crippen LogP contribution is 2.37. The van der Waals surface area contributed by atoms with Crippen LogP contribution in [0.15, 0.2) is 58.9 Å². The molecule has 1 atom stereocenters. The summed E-state index contributed by atoms with van der Waals surface area (Å²) < 4.78 is 12.3. The Hall–Kier alpha value is -3.91. The smallest absolute Gasteiger partial charge is 0.338 e. The number of benzene rings is 2. The van der Waals surface area contributed by atoms with Crippen LogP contribution in [0, 0.1) is 13.8 Å². The van der Waals surface area contributed by atoms with Crippen LogP contribution in [0.25, 0.3) is 17.5 Å². The van der Waals surface area contributed by atoms with Crippen molar-refractivity contribution in [2.45, 2.75) is 26.7 Å². The second-order valence-corrected chi connectivity index (χ2v) is 9.27. The second kappa shape index (κ2) is 9.76. The average Bonchev–Trinajstić information content (AvgIpc) is 3.16. The molecule has 0 saturated carbocycles. The number of nitrogens with zero attached hydrogens (tertiary/aromatic N) is 1. The number of ether oxygens (including phenoxy) is 2. The van der Waals surface area contributed by atoms with Crippen LogP contribution in [0.2, 0.25) is 0 Å². The van der Waals surface area contributed by atoms with E-state index < -0.39 is 23.4 Å². The Morgan fingerprint density at radius 1 is 1.00 bits per heavy atom. The highest BCUT2D eigenvalue weighted by Gasteiger charge is 2.39. The number of esters is 2. The molecule has 1 aliphatic rings. The summed E-state index contributed by atoms with van der Waals surface area (Å²) in [4.78, 5) is 39.7. The predicted octanol–water partition coefficient (Wildman–Crippen LogP) is 2.17. The van der Waals surface area contributed by atoms with Gasteiger partial charge in [0.15, 0.2) is 0 Å². The van der Waals surface area contributed by atoms with E-state index in [0.717, 1.165) is 28.0 Å². The normalized spacial score (nSPS) is 15.7. The minimum absolute atomic E-state index is 0.0328. The van der Waals surface area contributed by atoms with Crippen molar-refractivity contribution < 1.29 is 19.1 Å². The van der Waals surface area contributed by atoms with Crippen molar-refractivity contribution in [2.24, 2.45) is 5.73 Å². The Balaban J connectivity index is 2.10. The quantitative estimate of drug-likeness (QED) is 0.550. The number of rotatable bonds is 5. The predicted molar refractivity (Wildman–Crippen MR) is 136 cm³/mol. The molecule has 0 fully saturated rings. The highest BCUT2D eigenvalue weighted by molar-refractivity contribution is 7.07. The lowest BCUT2D eigenvalue weighted by Gasteiger charge is -2.26. The molecular weight excluding hydrogens is 464 g/mol. The van der Waals surface area contributed by atoms with Crippen molar-refractivity contribution in [3.63, 3.8) is 0 Å². The fourth-order valence-corrected chi connectivity index (χ4v) is 5.24. The molecule has 1 aliphatic heterocycles. The van der Waals surface area contributed by atoms with Crippen molar-refractivity contribution in [3.05, 3.63) is 95.9 Å². The van der Waals surface area contributed by atoms with E-state index >= 15 is 0 Å². The Morgan fingerprint density at radius 2 is 1.60 bits per heavy atom. The monoisotopic (exact) mass is 490 g/mol. The Bertz CT molecular complexity index is 1510. The van der Waals surface area contributed by atoms with Gasteiger partial charge in [0.1, 0.15) is 10.5 Å². The number of carbonyl (C=O) groups is 2. The van der Waals surface area contributed by atoms with E-state index in [2.05, 4.69) is 0 Å². The van der Waals surface area contributed by atoms with Crippen LogP contribution in [0.1, 0.15) is 35.1 Å². The van der Waals surface area contributed by atoms with Gasteiger partial charge in [-0.25, -0.2) is 9.59 Å². The number of fused-ring (bicyclic) bond motifs is 1. The van der Waals surface area contributed by atoms with Gasteiger partial charge in [0, 0.05) is 0 Å². The van der Waals surface area contributed by atoms with Crippen LogP contribution < -0.4 is 20.5 Å². The van der Waals surface area contributed by atoms with Gasteiger partial charge in [-0.2, -0.15) is 0 Å². The molecule has 35 heavy (non-hydrogen) atoms. The molecule has 0 aliphatic carbocycles. The molecule has 2 heterocycles. The lowest BCUT2D eigenvalue weighted by Crippen LogP contribution is -2.41. The maximum absolute atomic E-state index is 13.5. The standard InChI is InChI=1S/C27H26N2O5S/c1-5-34-27(32)21-20(18-12-8-16(3)9-13-18)22(26(31)33-4)25-29(23(21)28)24(30)19(35-25)14-17-10-6-15(2)7-11-17/h6-14,20H,5,28H2,1-4H3/b19-14-. The van der Waals surface area contributed by atoms with E-state index in [-0.39, 0.29) is 23.6 Å². The fraction of sp³-hybridized carbons (Fsp3) is 0.222. The first-order chi connectivity index (χ1) is 16.8. The molecule has 0 radical (unpaired) electrons. The minimum Gasteiger partial charge on any atom is -0.466 e. The largest absolute Gasteiger partial charge is 0.466 e. The topological polar surface area (TPSA) is 101 Å². The van der Waals surface area contributed by atoms with Crippen LogP contribution >= 0.6 is 11.3 Å². The summed E-state index contributed by atoms with van der Waals surface area (Å²) >= 11 is 1.14. The third-order valence-electron chi connectivity index (χ3n) is 5.83. The van der Waals surface area contributed by atoms with Gasteiger partial charge in [0.25, 0.3) is 5.56 Å². The van der Waals surface area contributed by atoms with E-state index in [1.54, 1.807) is 13.0 Å². The zero-order chi connectivity index (χ0) is 25.3. The molecule has 180 valence electrons. The number of methoxy groups -OCH3 is 1. The molecule has 3 aromatic rings. The Morgan fingerprint density at radius 3 is 2.17 bits per heavy atom. The average molecular weight is 491 g/mol. The number of hydrogen-bond acceptors (Lipinski definition) is 7. The molecule has 2 aromatic carbocycles. The summed E-state index contributed by atoms with van der Waals surface area (Å²) in [6, 6.07) is 15.1. The lowest BCUT2D eigenvalue weighted by atomic mass is 9.83. The number of carbonyl (C=O) groups excluding carboxylic acids is 2. The van der Waals surface area contributed by atoms with Gasteiger partial charge >= 0.3 is 11.9 Å². The van der Waals surface area contributed by atoms with Gasteiger partial charge in [-0.15, -0.1) is 11.3 Å². The lowest BCUT2D eigenvalue weighted by molar-refractivity contribution is -0.138. The summed E-state index contributed by atoms with van der Waals surface area (Å²) in [5, 5.41) is 0. The SMILES string of the molecule is CCOC(=O)C1=C(N)n2c(s/c(=C\c3ccc(C)cc3)c2=O)=C(C(=O)OC)C1c1ccc(C)cc1. The van der Waals surface area contributed by atoms with Crippen LogP contribution in [0.3, 0.4) is 0 Å². The summed E-state index contributed by atoms with van der Waals surface area (Å²) in [7, 11) is 1.27. The summed E-state index contributed by atoms with van der Waals surface area (Å²) in [5.41, 5.74) is 9.86. The highest BCUT2D eigenvalue weighted by atomic mass is 32.1. The maximum Gasteiger partial charge on any atom is 0.338 e. The molecule has 8 heteroatoms. The molecule has 7 nitrogen and oxygen atoms in total. The third kappa shape index (κ3) is 4.44. The summed E-state index contributed by atoms with van der Waals surface area (Å²) in [6.45, 7) is 5.71. The number of thiazole rings is 1. The van der Waals surface area contributed by atoms with Gasteiger partial charge in [-0.3, -0.25) is 9.36 Å². The number of aryl methyl sites for hydroxylation is 2. The molecule has 0 bridgehead atoms. The second-order valence-electron chi connectivity index (χ2n) is 8.24. The van der Waals surface area contributed by atoms with E-state index in [1.165, 1.54) is 11.7 Å². The van der Waals surface area contributed by atoms with E-state index in [1.807, 2.05) is 62.4 Å². The first-order valence-corrected chi connectivity index (χ1v) is 11.9. The van der Waals surface area contributed by atoms with Gasteiger partial charge < -0.3 is 15.2 Å². The van der Waals surface area contributed by atoms with E-state index in [0.29, 0.717) is 14.8 Å². The van der Waals surface area contributed by atoms with Gasteiger partial charge in [-0.05, 0) is 38.0 Å². The molecule has 2 N–H and O–H groups in total. The molecule has 1 unspecified atom stereocenters. The Kier molecular flexibility index (Phi) is 6.75. The minimum atomic E-state index is -0.854. The first-order valence-electron chi connectivity index (χ1n) is 11.1.